The van der Waals surface area contributed by atoms with Crippen LogP contribution in [0.2, 0.25) is 0 Å². The number of carboxylic acid groups (broad SMARTS) is 1. The Kier molecular flexibility index (Phi) is 2.09. The van der Waals surface area contributed by atoms with Gasteiger partial charge in [0.2, 0.25) is 0 Å². The van der Waals surface area contributed by atoms with Crippen LogP contribution in [-0.2, 0) is 14.2 Å². The van der Waals surface area contributed by atoms with Crippen LogP contribution in [0.1, 0.15) is 6.42 Å². The third-order valence-corrected chi connectivity index (χ3v) is 3.13. The lowest BCUT2D eigenvalue weighted by Crippen LogP contribution is -2.33. The van der Waals surface area contributed by atoms with E-state index >= 15 is 0 Å². The molecule has 1 saturated carbocycles. The molecule has 2 aliphatic carbocycles. The number of aliphatic carboxylic acids is 1. The molecule has 0 spiro atoms. The number of carboxylic acids is 1. The van der Waals surface area contributed by atoms with E-state index in [1.807, 2.05) is 12.2 Å². The summed E-state index contributed by atoms with van der Waals surface area (Å²) in [4.78, 5) is 22.2. The van der Waals surface area contributed by atoms with Crippen LogP contribution in [0.5, 0.6) is 0 Å². The van der Waals surface area contributed by atoms with E-state index < -0.39 is 23.8 Å². The number of allylic oxidation sites excluding steroid dienone is 2. The van der Waals surface area contributed by atoms with Crippen molar-refractivity contribution in [2.24, 2.45) is 23.7 Å². The highest BCUT2D eigenvalue weighted by atomic mass is 16.5. The molecule has 0 aliphatic heterocycles. The molecule has 2 rings (SSSR count). The lowest BCUT2D eigenvalue weighted by molar-refractivity contribution is -0.152. The van der Waals surface area contributed by atoms with Gasteiger partial charge in [-0.1, -0.05) is 12.2 Å². The number of rotatable bonds is 2. The highest BCUT2D eigenvalue weighted by Gasteiger charge is 2.52. The van der Waals surface area contributed by atoms with Gasteiger partial charge in [-0.25, -0.2) is 0 Å². The molecule has 0 saturated heterocycles. The van der Waals surface area contributed by atoms with Crippen molar-refractivity contribution in [2.45, 2.75) is 6.42 Å². The highest BCUT2D eigenvalue weighted by Crippen LogP contribution is 2.48. The molecule has 4 nitrogen and oxygen atoms in total. The molecule has 5 heteroatoms. The average molecular weight is 192 g/mol. The van der Waals surface area contributed by atoms with Crippen LogP contribution in [0, 0.1) is 23.7 Å². The van der Waals surface area contributed by atoms with Gasteiger partial charge in [0, 0.05) is 0 Å². The van der Waals surface area contributed by atoms with Gasteiger partial charge in [0.15, 0.2) is 0 Å². The second kappa shape index (κ2) is 3.15. The van der Waals surface area contributed by atoms with Gasteiger partial charge in [-0.15, -0.1) is 0 Å². The predicted molar refractivity (Wildman–Crippen MR) is 47.2 cm³/mol. The Morgan fingerprint density at radius 1 is 1.29 bits per heavy atom. The molecule has 1 fully saturated rings. The van der Waals surface area contributed by atoms with Gasteiger partial charge in [0.05, 0.1) is 11.8 Å². The predicted octanol–water partition coefficient (Wildman–Crippen LogP) is 0.136. The second-order valence-corrected chi connectivity index (χ2v) is 3.78. The fourth-order valence-electron chi connectivity index (χ4n) is 2.56. The zero-order valence-corrected chi connectivity index (χ0v) is 7.42. The number of fused-ring (bicyclic) bond motifs is 2. The molecule has 2 aliphatic rings. The Labute approximate surface area is 82.4 Å². The first-order valence-electron chi connectivity index (χ1n) is 4.47. The van der Waals surface area contributed by atoms with Crippen molar-refractivity contribution in [1.82, 2.24) is 0 Å². The van der Waals surface area contributed by atoms with E-state index in [1.165, 1.54) is 0 Å². The minimum Gasteiger partial charge on any atom is -0.543 e. The molecule has 1 N–H and O–H groups in total. The lowest BCUT2D eigenvalue weighted by atomic mass is 9.83. The molecule has 0 amide bonds. The largest absolute Gasteiger partial charge is 0.543 e. The minimum atomic E-state index is -0.947. The van der Waals surface area contributed by atoms with Gasteiger partial charge in [-0.05, 0) is 18.3 Å². The van der Waals surface area contributed by atoms with Gasteiger partial charge >= 0.3 is 14.0 Å². The molecular formula is C9H9BO4. The third-order valence-electron chi connectivity index (χ3n) is 3.13. The standard InChI is InChI=1S/C9H9BO4/c10-14-9(13)7-5-2-1-4(3-5)6(7)8(11)12/h1-2,4-7H,3H2,(H,11,12)/t4?,5?,6-,7+/m1/s1. The smallest absolute Gasteiger partial charge is 0.378 e. The maximum atomic E-state index is 11.3. The van der Waals surface area contributed by atoms with Crippen LogP contribution >= 0.6 is 0 Å². The van der Waals surface area contributed by atoms with Gasteiger partial charge in [-0.2, -0.15) is 0 Å². The molecule has 2 radical (unpaired) electrons. The summed E-state index contributed by atoms with van der Waals surface area (Å²) in [5, 5.41) is 8.97. The lowest BCUT2D eigenvalue weighted by Gasteiger charge is -2.22. The van der Waals surface area contributed by atoms with Gasteiger partial charge in [0.1, 0.15) is 0 Å². The Morgan fingerprint density at radius 2 is 1.86 bits per heavy atom. The first kappa shape index (κ1) is 9.31. The zero-order chi connectivity index (χ0) is 10.3. The summed E-state index contributed by atoms with van der Waals surface area (Å²) in [6.45, 7) is 0. The van der Waals surface area contributed by atoms with Crippen LogP contribution in [0.3, 0.4) is 0 Å². The zero-order valence-electron chi connectivity index (χ0n) is 7.42. The van der Waals surface area contributed by atoms with Crippen molar-refractivity contribution in [1.29, 1.82) is 0 Å². The molecule has 2 unspecified atom stereocenters. The van der Waals surface area contributed by atoms with Crippen LogP contribution in [0.15, 0.2) is 12.2 Å². The van der Waals surface area contributed by atoms with Crippen LogP contribution in [0.4, 0.5) is 0 Å². The van der Waals surface area contributed by atoms with Crippen molar-refractivity contribution >= 4 is 20.0 Å². The summed E-state index contributed by atoms with van der Waals surface area (Å²) in [6, 6.07) is 0. The quantitative estimate of drug-likeness (QED) is 0.499. The monoisotopic (exact) mass is 192 g/mol. The summed E-state index contributed by atoms with van der Waals surface area (Å²) in [5.74, 6) is -2.89. The van der Waals surface area contributed by atoms with Crippen molar-refractivity contribution in [3.8, 4) is 0 Å². The molecule has 14 heavy (non-hydrogen) atoms. The van der Waals surface area contributed by atoms with Crippen molar-refractivity contribution in [2.75, 3.05) is 0 Å². The first-order valence-corrected chi connectivity index (χ1v) is 4.47. The molecule has 72 valence electrons. The summed E-state index contributed by atoms with van der Waals surface area (Å²) in [7, 11) is 4.78. The SMILES string of the molecule is [B]OC(=O)[C@H]1C2C=CC(C2)[C@H]1C(=O)O. The summed E-state index contributed by atoms with van der Waals surface area (Å²) < 4.78 is 4.13. The normalized spacial score (nSPS) is 38.6. The average Bonchev–Trinajstić information content (AvgIpc) is 2.74. The van der Waals surface area contributed by atoms with Crippen molar-refractivity contribution < 1.29 is 19.3 Å². The van der Waals surface area contributed by atoms with E-state index in [0.717, 1.165) is 6.42 Å². The number of hydrogen-bond donors (Lipinski definition) is 1. The fraction of sp³-hybridized carbons (Fsp3) is 0.556. The van der Waals surface area contributed by atoms with Crippen LogP contribution < -0.4 is 0 Å². The molecule has 0 aromatic carbocycles. The number of carbonyl (C=O) groups excluding carboxylic acids is 1. The Morgan fingerprint density at radius 3 is 2.36 bits per heavy atom. The van der Waals surface area contributed by atoms with E-state index in [4.69, 9.17) is 13.2 Å². The third kappa shape index (κ3) is 1.15. The van der Waals surface area contributed by atoms with Crippen molar-refractivity contribution in [3.05, 3.63) is 12.2 Å². The van der Waals surface area contributed by atoms with E-state index in [2.05, 4.69) is 4.65 Å². The van der Waals surface area contributed by atoms with Crippen molar-refractivity contribution in [3.63, 3.8) is 0 Å². The van der Waals surface area contributed by atoms with Crippen LogP contribution in [-0.4, -0.2) is 25.1 Å². The molecule has 4 atom stereocenters. The molecule has 0 aromatic rings. The van der Waals surface area contributed by atoms with Gasteiger partial charge in [0.25, 0.3) is 5.97 Å². The molecule has 0 heterocycles. The van der Waals surface area contributed by atoms with Crippen LogP contribution in [0.25, 0.3) is 0 Å². The van der Waals surface area contributed by atoms with E-state index in [0.29, 0.717) is 0 Å². The molecule has 2 bridgehead atoms. The first-order chi connectivity index (χ1) is 6.65. The van der Waals surface area contributed by atoms with E-state index in [9.17, 15) is 9.59 Å². The summed E-state index contributed by atoms with van der Waals surface area (Å²) in [6.07, 6.45) is 4.46. The van der Waals surface area contributed by atoms with E-state index in [-0.39, 0.29) is 11.8 Å². The van der Waals surface area contributed by atoms with Gasteiger partial charge < -0.3 is 9.76 Å². The topological polar surface area (TPSA) is 63.6 Å². The summed E-state index contributed by atoms with van der Waals surface area (Å²) >= 11 is 0. The maximum absolute atomic E-state index is 11.3. The van der Waals surface area contributed by atoms with E-state index in [1.54, 1.807) is 0 Å². The fourth-order valence-corrected chi connectivity index (χ4v) is 2.56. The summed E-state index contributed by atoms with van der Waals surface area (Å²) in [5.41, 5.74) is 0. The minimum absolute atomic E-state index is 0.0165. The number of hydrogen-bond acceptors (Lipinski definition) is 3. The number of carbonyl (C=O) groups is 2. The molecule has 0 aromatic heterocycles. The Bertz CT molecular complexity index is 312. The Balaban J connectivity index is 2.26. The molecular weight excluding hydrogens is 183 g/mol. The Hall–Kier alpha value is -1.26. The van der Waals surface area contributed by atoms with Gasteiger partial charge in [-0.3, -0.25) is 9.59 Å². The highest BCUT2D eigenvalue weighted by molar-refractivity contribution is 6.06. The second-order valence-electron chi connectivity index (χ2n) is 3.78. The maximum Gasteiger partial charge on any atom is 0.378 e.